The van der Waals surface area contributed by atoms with Gasteiger partial charge in [0, 0.05) is 33.1 Å². The molecule has 0 aliphatic carbocycles. The molecule has 1 saturated heterocycles. The van der Waals surface area contributed by atoms with E-state index in [1.165, 1.54) is 0 Å². The van der Waals surface area contributed by atoms with Crippen LogP contribution in [0.5, 0.6) is 0 Å². The van der Waals surface area contributed by atoms with E-state index in [1.807, 2.05) is 41.3 Å². The number of allylic oxidation sites excluding steroid dienone is 1. The zero-order valence-electron chi connectivity index (χ0n) is 14.4. The van der Waals surface area contributed by atoms with Crippen molar-refractivity contribution in [2.45, 2.75) is 32.2 Å². The van der Waals surface area contributed by atoms with E-state index in [9.17, 15) is 9.59 Å². The number of amides is 3. The highest BCUT2D eigenvalue weighted by molar-refractivity contribution is 5.75. The number of carbonyl (C=O) groups is 2. The second-order valence-electron chi connectivity index (χ2n) is 6.13. The highest BCUT2D eigenvalue weighted by atomic mass is 16.2. The van der Waals surface area contributed by atoms with Crippen molar-refractivity contribution in [1.29, 1.82) is 0 Å². The normalized spacial score (nSPS) is 16.2. The van der Waals surface area contributed by atoms with Crippen LogP contribution in [-0.4, -0.2) is 47.9 Å². The minimum absolute atomic E-state index is 0.0242. The number of rotatable bonds is 5. The van der Waals surface area contributed by atoms with Crippen molar-refractivity contribution in [2.75, 3.05) is 26.2 Å². The Morgan fingerprint density at radius 3 is 2.50 bits per heavy atom. The van der Waals surface area contributed by atoms with Gasteiger partial charge in [-0.25, -0.2) is 4.79 Å². The van der Waals surface area contributed by atoms with Gasteiger partial charge in [0.05, 0.1) is 6.04 Å². The highest BCUT2D eigenvalue weighted by Crippen LogP contribution is 2.19. The van der Waals surface area contributed by atoms with E-state index in [-0.39, 0.29) is 18.0 Å². The first-order valence-corrected chi connectivity index (χ1v) is 8.58. The van der Waals surface area contributed by atoms with E-state index in [1.54, 1.807) is 11.8 Å². The van der Waals surface area contributed by atoms with Gasteiger partial charge in [-0.3, -0.25) is 4.79 Å². The maximum atomic E-state index is 12.7. The number of nitrogens with zero attached hydrogens (tertiary/aromatic N) is 2. The smallest absolute Gasteiger partial charge is 0.317 e. The average molecular weight is 329 g/mol. The molecule has 1 aliphatic heterocycles. The Kier molecular flexibility index (Phi) is 6.85. The molecule has 0 bridgehead atoms. The molecule has 0 saturated carbocycles. The van der Waals surface area contributed by atoms with Crippen LogP contribution in [0, 0.1) is 0 Å². The minimum atomic E-state index is -0.0571. The monoisotopic (exact) mass is 329 g/mol. The molecule has 0 unspecified atom stereocenters. The standard InChI is InChI=1S/C19H27N3O2/c1-3-4-11-18(17-9-6-5-7-10-17)20-19(24)22-13-8-12-21(14-15-22)16(2)23/h3,5-7,9-10,18H,1,4,8,11-15H2,2H3,(H,20,24)/t18-/m1/s1. The number of urea groups is 1. The fourth-order valence-corrected chi connectivity index (χ4v) is 2.97. The molecule has 1 N–H and O–H groups in total. The molecule has 1 aromatic carbocycles. The Hall–Kier alpha value is -2.30. The van der Waals surface area contributed by atoms with Crippen LogP contribution < -0.4 is 5.32 Å². The van der Waals surface area contributed by atoms with Crippen molar-refractivity contribution < 1.29 is 9.59 Å². The van der Waals surface area contributed by atoms with E-state index >= 15 is 0 Å². The SMILES string of the molecule is C=CCC[C@@H](NC(=O)N1CCCN(C(C)=O)CC1)c1ccccc1. The van der Waals surface area contributed by atoms with Crippen LogP contribution in [0.2, 0.25) is 0 Å². The van der Waals surface area contributed by atoms with E-state index < -0.39 is 0 Å². The molecule has 2 rings (SSSR count). The van der Waals surface area contributed by atoms with Gasteiger partial charge in [-0.1, -0.05) is 36.4 Å². The van der Waals surface area contributed by atoms with Crippen molar-refractivity contribution in [3.05, 3.63) is 48.6 Å². The number of nitrogens with one attached hydrogen (secondary N) is 1. The Labute approximate surface area is 144 Å². The molecule has 1 aliphatic rings. The molecule has 0 spiro atoms. The van der Waals surface area contributed by atoms with E-state index in [2.05, 4.69) is 11.9 Å². The molecule has 130 valence electrons. The number of benzene rings is 1. The molecule has 0 aromatic heterocycles. The summed E-state index contributed by atoms with van der Waals surface area (Å²) in [4.78, 5) is 27.8. The second kappa shape index (κ2) is 9.11. The van der Waals surface area contributed by atoms with Gasteiger partial charge in [0.25, 0.3) is 0 Å². The summed E-state index contributed by atoms with van der Waals surface area (Å²) in [6.07, 6.45) is 4.36. The summed E-state index contributed by atoms with van der Waals surface area (Å²) in [6, 6.07) is 9.93. The Bertz CT molecular complexity index is 559. The molecule has 1 heterocycles. The lowest BCUT2D eigenvalue weighted by Gasteiger charge is -2.26. The van der Waals surface area contributed by atoms with Crippen LogP contribution in [0.3, 0.4) is 0 Å². The molecule has 1 aromatic rings. The van der Waals surface area contributed by atoms with Gasteiger partial charge in [0.15, 0.2) is 0 Å². The van der Waals surface area contributed by atoms with Crippen molar-refractivity contribution >= 4 is 11.9 Å². The fraction of sp³-hybridized carbons (Fsp3) is 0.474. The molecule has 3 amide bonds. The first-order valence-electron chi connectivity index (χ1n) is 8.58. The summed E-state index contributed by atoms with van der Waals surface area (Å²) in [7, 11) is 0. The minimum Gasteiger partial charge on any atom is -0.341 e. The van der Waals surface area contributed by atoms with E-state index in [4.69, 9.17) is 0 Å². The second-order valence-corrected chi connectivity index (χ2v) is 6.13. The van der Waals surface area contributed by atoms with Gasteiger partial charge in [-0.2, -0.15) is 0 Å². The Morgan fingerprint density at radius 1 is 1.17 bits per heavy atom. The average Bonchev–Trinajstić information content (AvgIpc) is 2.85. The summed E-state index contributed by atoms with van der Waals surface area (Å²) in [6.45, 7) is 7.93. The van der Waals surface area contributed by atoms with Gasteiger partial charge in [0.1, 0.15) is 0 Å². The lowest BCUT2D eigenvalue weighted by atomic mass is 10.0. The van der Waals surface area contributed by atoms with Gasteiger partial charge >= 0.3 is 6.03 Å². The summed E-state index contributed by atoms with van der Waals surface area (Å²) in [5.41, 5.74) is 1.10. The Balaban J connectivity index is 1.99. The number of hydrogen-bond donors (Lipinski definition) is 1. The lowest BCUT2D eigenvalue weighted by Crippen LogP contribution is -2.43. The maximum absolute atomic E-state index is 12.7. The predicted octanol–water partition coefficient (Wildman–Crippen LogP) is 2.96. The van der Waals surface area contributed by atoms with Crippen LogP contribution >= 0.6 is 0 Å². The summed E-state index contributed by atoms with van der Waals surface area (Å²) in [5, 5.41) is 3.15. The molecule has 1 atom stereocenters. The number of carbonyl (C=O) groups excluding carboxylic acids is 2. The molecular weight excluding hydrogens is 302 g/mol. The molecule has 1 fully saturated rings. The molecule has 0 radical (unpaired) electrons. The van der Waals surface area contributed by atoms with Crippen molar-refractivity contribution in [1.82, 2.24) is 15.1 Å². The van der Waals surface area contributed by atoms with Crippen molar-refractivity contribution in [3.8, 4) is 0 Å². The highest BCUT2D eigenvalue weighted by Gasteiger charge is 2.22. The van der Waals surface area contributed by atoms with Gasteiger partial charge in [0.2, 0.25) is 5.91 Å². The third-order valence-corrected chi connectivity index (χ3v) is 4.39. The van der Waals surface area contributed by atoms with Crippen LogP contribution in [-0.2, 0) is 4.79 Å². The largest absolute Gasteiger partial charge is 0.341 e. The number of hydrogen-bond acceptors (Lipinski definition) is 2. The third kappa shape index (κ3) is 5.11. The molecular formula is C19H27N3O2. The summed E-state index contributed by atoms with van der Waals surface area (Å²) in [5.74, 6) is 0.0744. The van der Waals surface area contributed by atoms with Crippen LogP contribution in [0.15, 0.2) is 43.0 Å². The van der Waals surface area contributed by atoms with Crippen LogP contribution in [0.25, 0.3) is 0 Å². The quantitative estimate of drug-likeness (QED) is 0.845. The Morgan fingerprint density at radius 2 is 1.83 bits per heavy atom. The van der Waals surface area contributed by atoms with Crippen LogP contribution in [0.4, 0.5) is 4.79 Å². The fourth-order valence-electron chi connectivity index (χ4n) is 2.97. The molecule has 5 heteroatoms. The predicted molar refractivity (Wildman–Crippen MR) is 95.6 cm³/mol. The first kappa shape index (κ1) is 18.0. The van der Waals surface area contributed by atoms with E-state index in [0.717, 1.165) is 31.4 Å². The first-order chi connectivity index (χ1) is 11.6. The maximum Gasteiger partial charge on any atom is 0.317 e. The van der Waals surface area contributed by atoms with Crippen LogP contribution in [0.1, 0.15) is 37.8 Å². The van der Waals surface area contributed by atoms with Crippen molar-refractivity contribution in [3.63, 3.8) is 0 Å². The molecule has 5 nitrogen and oxygen atoms in total. The van der Waals surface area contributed by atoms with Crippen molar-refractivity contribution in [2.24, 2.45) is 0 Å². The lowest BCUT2D eigenvalue weighted by molar-refractivity contribution is -0.128. The van der Waals surface area contributed by atoms with E-state index in [0.29, 0.717) is 19.6 Å². The third-order valence-electron chi connectivity index (χ3n) is 4.39. The zero-order chi connectivity index (χ0) is 17.4. The molecule has 24 heavy (non-hydrogen) atoms. The summed E-state index contributed by atoms with van der Waals surface area (Å²) >= 11 is 0. The zero-order valence-corrected chi connectivity index (χ0v) is 14.4. The van der Waals surface area contributed by atoms with Gasteiger partial charge in [-0.05, 0) is 24.8 Å². The topological polar surface area (TPSA) is 52.7 Å². The van der Waals surface area contributed by atoms with Gasteiger partial charge in [-0.15, -0.1) is 6.58 Å². The van der Waals surface area contributed by atoms with Gasteiger partial charge < -0.3 is 15.1 Å². The summed E-state index contributed by atoms with van der Waals surface area (Å²) < 4.78 is 0.